The van der Waals surface area contributed by atoms with Gasteiger partial charge >= 0.3 is 0 Å². The Morgan fingerprint density at radius 3 is 2.70 bits per heavy atom. The van der Waals surface area contributed by atoms with Crippen molar-refractivity contribution in [2.75, 3.05) is 13.1 Å². The number of primary amides is 1. The van der Waals surface area contributed by atoms with E-state index in [4.69, 9.17) is 5.73 Å². The minimum atomic E-state index is -0.541. The zero-order valence-electron chi connectivity index (χ0n) is 11.8. The van der Waals surface area contributed by atoms with Gasteiger partial charge in [0.1, 0.15) is 6.04 Å². The summed E-state index contributed by atoms with van der Waals surface area (Å²) >= 11 is 0. The number of hydrogen-bond donors (Lipinski definition) is 2. The molecule has 2 amide bonds. The Kier molecular flexibility index (Phi) is 4.74. The number of rotatable bonds is 5. The molecular weight excluding hydrogens is 254 g/mol. The van der Waals surface area contributed by atoms with Crippen LogP contribution in [0.3, 0.4) is 0 Å². The maximum atomic E-state index is 12.3. The van der Waals surface area contributed by atoms with Gasteiger partial charge in [0.05, 0.1) is 6.54 Å². The van der Waals surface area contributed by atoms with Gasteiger partial charge in [0, 0.05) is 13.0 Å². The number of fused-ring (bicyclic) bond motifs is 1. The molecule has 1 aliphatic heterocycles. The van der Waals surface area contributed by atoms with Crippen LogP contribution in [0.25, 0.3) is 0 Å². The van der Waals surface area contributed by atoms with E-state index in [0.29, 0.717) is 13.0 Å². The van der Waals surface area contributed by atoms with Crippen LogP contribution in [0.4, 0.5) is 0 Å². The number of nitrogens with one attached hydrogen (secondary N) is 1. The highest BCUT2D eigenvalue weighted by molar-refractivity contribution is 5.88. The lowest BCUT2D eigenvalue weighted by Crippen LogP contribution is -2.53. The van der Waals surface area contributed by atoms with Crippen molar-refractivity contribution in [1.82, 2.24) is 10.2 Å². The van der Waals surface area contributed by atoms with Crippen molar-refractivity contribution in [3.8, 4) is 0 Å². The summed E-state index contributed by atoms with van der Waals surface area (Å²) in [6.07, 6.45) is 1.47. The minimum Gasteiger partial charge on any atom is -0.368 e. The van der Waals surface area contributed by atoms with Crippen molar-refractivity contribution in [2.45, 2.75) is 32.4 Å². The first-order chi connectivity index (χ1) is 9.63. The van der Waals surface area contributed by atoms with Gasteiger partial charge in [-0.2, -0.15) is 0 Å². The molecule has 108 valence electrons. The predicted molar refractivity (Wildman–Crippen MR) is 76.8 cm³/mol. The SMILES string of the molecule is CCCNCC(=O)N1Cc2ccccc2C[C@H]1C(N)=O. The Morgan fingerprint density at radius 2 is 2.05 bits per heavy atom. The van der Waals surface area contributed by atoms with Crippen LogP contribution in [0, 0.1) is 0 Å². The smallest absolute Gasteiger partial charge is 0.240 e. The Hall–Kier alpha value is -1.88. The second-order valence-electron chi connectivity index (χ2n) is 5.09. The van der Waals surface area contributed by atoms with E-state index in [1.54, 1.807) is 4.90 Å². The number of benzene rings is 1. The first-order valence-electron chi connectivity index (χ1n) is 6.99. The molecule has 3 N–H and O–H groups in total. The van der Waals surface area contributed by atoms with Gasteiger partial charge in [-0.15, -0.1) is 0 Å². The molecule has 2 rings (SSSR count). The molecule has 1 aromatic rings. The summed E-state index contributed by atoms with van der Waals surface area (Å²) in [6, 6.07) is 7.33. The first kappa shape index (κ1) is 14.5. The summed E-state index contributed by atoms with van der Waals surface area (Å²) in [5, 5.41) is 3.07. The van der Waals surface area contributed by atoms with Crippen LogP contribution in [0.2, 0.25) is 0 Å². The third kappa shape index (κ3) is 3.17. The maximum Gasteiger partial charge on any atom is 0.240 e. The molecular formula is C15H21N3O2. The molecule has 0 radical (unpaired) electrons. The van der Waals surface area contributed by atoms with Gasteiger partial charge in [0.25, 0.3) is 0 Å². The molecule has 0 saturated heterocycles. The molecule has 1 aromatic carbocycles. The average molecular weight is 275 g/mol. The Balaban J connectivity index is 2.13. The molecule has 0 saturated carbocycles. The largest absolute Gasteiger partial charge is 0.368 e. The van der Waals surface area contributed by atoms with Crippen LogP contribution < -0.4 is 11.1 Å². The number of nitrogens with two attached hydrogens (primary N) is 1. The van der Waals surface area contributed by atoms with E-state index >= 15 is 0 Å². The lowest BCUT2D eigenvalue weighted by atomic mass is 9.93. The third-order valence-corrected chi connectivity index (χ3v) is 3.60. The van der Waals surface area contributed by atoms with Crippen molar-refractivity contribution >= 4 is 11.8 Å². The second kappa shape index (κ2) is 6.52. The molecule has 0 bridgehead atoms. The van der Waals surface area contributed by atoms with E-state index in [0.717, 1.165) is 24.1 Å². The summed E-state index contributed by atoms with van der Waals surface area (Å²) in [4.78, 5) is 25.5. The van der Waals surface area contributed by atoms with E-state index < -0.39 is 11.9 Å². The topological polar surface area (TPSA) is 75.4 Å². The van der Waals surface area contributed by atoms with Crippen LogP contribution in [0.1, 0.15) is 24.5 Å². The summed E-state index contributed by atoms with van der Waals surface area (Å²) in [5.41, 5.74) is 7.64. The van der Waals surface area contributed by atoms with Gasteiger partial charge in [0.15, 0.2) is 0 Å². The fourth-order valence-electron chi connectivity index (χ4n) is 2.51. The second-order valence-corrected chi connectivity index (χ2v) is 5.09. The van der Waals surface area contributed by atoms with Crippen molar-refractivity contribution in [3.05, 3.63) is 35.4 Å². The number of hydrogen-bond acceptors (Lipinski definition) is 3. The highest BCUT2D eigenvalue weighted by Gasteiger charge is 2.32. The highest BCUT2D eigenvalue weighted by atomic mass is 16.2. The van der Waals surface area contributed by atoms with E-state index in [-0.39, 0.29) is 12.5 Å². The minimum absolute atomic E-state index is 0.0725. The van der Waals surface area contributed by atoms with Crippen molar-refractivity contribution in [2.24, 2.45) is 5.73 Å². The number of amides is 2. The molecule has 0 aromatic heterocycles. The standard InChI is InChI=1S/C15H21N3O2/c1-2-7-17-9-14(19)18-10-12-6-4-3-5-11(12)8-13(18)15(16)20/h3-6,13,17H,2,7-10H2,1H3,(H2,16,20)/t13-/m0/s1. The van der Waals surface area contributed by atoms with Crippen LogP contribution in [-0.4, -0.2) is 35.8 Å². The van der Waals surface area contributed by atoms with E-state index in [1.165, 1.54) is 0 Å². The van der Waals surface area contributed by atoms with E-state index in [2.05, 4.69) is 5.32 Å². The molecule has 20 heavy (non-hydrogen) atoms. The van der Waals surface area contributed by atoms with E-state index in [9.17, 15) is 9.59 Å². The predicted octanol–water partition coefficient (Wildman–Crippen LogP) is 0.425. The molecule has 1 aliphatic rings. The molecule has 1 atom stereocenters. The normalized spacial score (nSPS) is 17.6. The Labute approximate surface area is 119 Å². The zero-order valence-corrected chi connectivity index (χ0v) is 11.8. The zero-order chi connectivity index (χ0) is 14.5. The van der Waals surface area contributed by atoms with Gasteiger partial charge in [-0.3, -0.25) is 9.59 Å². The number of carbonyl (C=O) groups excluding carboxylic acids is 2. The average Bonchev–Trinajstić information content (AvgIpc) is 2.46. The summed E-state index contributed by atoms with van der Waals surface area (Å²) in [6.45, 7) is 3.54. The molecule has 0 aliphatic carbocycles. The van der Waals surface area contributed by atoms with Gasteiger partial charge in [-0.1, -0.05) is 31.2 Å². The molecule has 1 heterocycles. The Bertz CT molecular complexity index is 502. The highest BCUT2D eigenvalue weighted by Crippen LogP contribution is 2.23. The van der Waals surface area contributed by atoms with Gasteiger partial charge in [0.2, 0.25) is 11.8 Å². The summed E-state index contributed by atoms with van der Waals surface area (Å²) < 4.78 is 0. The molecule has 5 heteroatoms. The first-order valence-corrected chi connectivity index (χ1v) is 6.99. The number of carbonyl (C=O) groups is 2. The van der Waals surface area contributed by atoms with Crippen LogP contribution in [0.5, 0.6) is 0 Å². The van der Waals surface area contributed by atoms with Crippen molar-refractivity contribution in [1.29, 1.82) is 0 Å². The van der Waals surface area contributed by atoms with Gasteiger partial charge in [-0.25, -0.2) is 0 Å². The van der Waals surface area contributed by atoms with E-state index in [1.807, 2.05) is 31.2 Å². The third-order valence-electron chi connectivity index (χ3n) is 3.60. The van der Waals surface area contributed by atoms with Crippen molar-refractivity contribution < 1.29 is 9.59 Å². The summed E-state index contributed by atoms with van der Waals surface area (Å²) in [7, 11) is 0. The van der Waals surface area contributed by atoms with Gasteiger partial charge < -0.3 is 16.0 Å². The fourth-order valence-corrected chi connectivity index (χ4v) is 2.51. The summed E-state index contributed by atoms with van der Waals surface area (Å²) in [5.74, 6) is -0.514. The monoisotopic (exact) mass is 275 g/mol. The van der Waals surface area contributed by atoms with Crippen LogP contribution in [-0.2, 0) is 22.6 Å². The molecule has 0 fully saturated rings. The lowest BCUT2D eigenvalue weighted by molar-refractivity contribution is -0.139. The lowest BCUT2D eigenvalue weighted by Gasteiger charge is -2.35. The number of nitrogens with zero attached hydrogens (tertiary/aromatic N) is 1. The maximum absolute atomic E-state index is 12.3. The molecule has 0 spiro atoms. The van der Waals surface area contributed by atoms with Crippen molar-refractivity contribution in [3.63, 3.8) is 0 Å². The molecule has 0 unspecified atom stereocenters. The Morgan fingerprint density at radius 1 is 1.35 bits per heavy atom. The molecule has 5 nitrogen and oxygen atoms in total. The van der Waals surface area contributed by atoms with Crippen LogP contribution >= 0.6 is 0 Å². The fraction of sp³-hybridized carbons (Fsp3) is 0.467. The van der Waals surface area contributed by atoms with Crippen LogP contribution in [0.15, 0.2) is 24.3 Å². The van der Waals surface area contributed by atoms with Gasteiger partial charge in [-0.05, 0) is 24.1 Å². The quantitative estimate of drug-likeness (QED) is 0.765.